The molecule has 0 radical (unpaired) electrons. The molecule has 1 aromatic rings. The van der Waals surface area contributed by atoms with Crippen LogP contribution in [-0.4, -0.2) is 64.2 Å². The normalized spacial score (nSPS) is 10.5. The van der Waals surface area contributed by atoms with Crippen molar-refractivity contribution < 1.29 is 14.3 Å². The molecule has 0 atom stereocenters. The van der Waals surface area contributed by atoms with Gasteiger partial charge >= 0.3 is 0 Å². The van der Waals surface area contributed by atoms with Crippen LogP contribution >= 0.6 is 0 Å². The van der Waals surface area contributed by atoms with E-state index in [0.717, 1.165) is 13.0 Å². The van der Waals surface area contributed by atoms with E-state index in [4.69, 9.17) is 4.74 Å². The molecule has 6 nitrogen and oxygen atoms in total. The van der Waals surface area contributed by atoms with Crippen molar-refractivity contribution in [1.29, 1.82) is 0 Å². The Morgan fingerprint density at radius 1 is 1.09 bits per heavy atom. The highest BCUT2D eigenvalue weighted by molar-refractivity contribution is 5.99. The number of likely N-dealkylation sites (N-methyl/N-ethyl adjacent to an activating group) is 1. The summed E-state index contributed by atoms with van der Waals surface area (Å²) in [5, 5.41) is 5.63. The highest BCUT2D eigenvalue weighted by atomic mass is 16.5. The highest BCUT2D eigenvalue weighted by Crippen LogP contribution is 2.05. The first-order valence-electron chi connectivity index (χ1n) is 7.34. The first-order valence-corrected chi connectivity index (χ1v) is 7.34. The zero-order chi connectivity index (χ0) is 16.4. The van der Waals surface area contributed by atoms with Crippen LogP contribution in [0.4, 0.5) is 0 Å². The monoisotopic (exact) mass is 307 g/mol. The number of carbonyl (C=O) groups is 2. The molecule has 0 aliphatic rings. The van der Waals surface area contributed by atoms with Gasteiger partial charge in [-0.2, -0.15) is 0 Å². The van der Waals surface area contributed by atoms with Gasteiger partial charge in [0, 0.05) is 44.5 Å². The van der Waals surface area contributed by atoms with Crippen molar-refractivity contribution in [1.82, 2.24) is 15.5 Å². The second kappa shape index (κ2) is 9.92. The molecule has 1 rings (SSSR count). The molecular weight excluding hydrogens is 282 g/mol. The van der Waals surface area contributed by atoms with Gasteiger partial charge in [-0.1, -0.05) is 6.07 Å². The Bertz CT molecular complexity index is 489. The van der Waals surface area contributed by atoms with Crippen molar-refractivity contribution in [2.45, 2.75) is 6.42 Å². The molecule has 0 spiro atoms. The fraction of sp³-hybridized carbons (Fsp3) is 0.500. The summed E-state index contributed by atoms with van der Waals surface area (Å²) in [7, 11) is 5.52. The molecule has 0 fully saturated rings. The number of ether oxygens (including phenoxy) is 1. The van der Waals surface area contributed by atoms with Crippen LogP contribution in [0.1, 0.15) is 27.1 Å². The third-order valence-corrected chi connectivity index (χ3v) is 3.04. The number of nitrogens with zero attached hydrogens (tertiary/aromatic N) is 1. The molecule has 2 amide bonds. The number of hydrogen-bond donors (Lipinski definition) is 2. The number of nitrogens with one attached hydrogen (secondary N) is 2. The van der Waals surface area contributed by atoms with E-state index >= 15 is 0 Å². The minimum atomic E-state index is -0.181. The number of benzene rings is 1. The lowest BCUT2D eigenvalue weighted by atomic mass is 10.1. The van der Waals surface area contributed by atoms with E-state index < -0.39 is 0 Å². The number of methoxy groups -OCH3 is 1. The number of rotatable bonds is 9. The molecule has 0 bridgehead atoms. The van der Waals surface area contributed by atoms with Gasteiger partial charge in [-0.15, -0.1) is 0 Å². The molecule has 0 unspecified atom stereocenters. The number of amides is 2. The standard InChI is InChI=1S/C16H25N3O3/c1-19(2)10-9-18-16(21)14-7-4-6-13(12-14)15(20)17-8-5-11-22-3/h4,6-7,12H,5,8-11H2,1-3H3,(H,17,20)(H,18,21). The van der Waals surface area contributed by atoms with Crippen LogP contribution in [0.15, 0.2) is 24.3 Å². The predicted molar refractivity (Wildman–Crippen MR) is 86.2 cm³/mol. The van der Waals surface area contributed by atoms with Gasteiger partial charge in [0.1, 0.15) is 0 Å². The average Bonchev–Trinajstić information content (AvgIpc) is 2.51. The lowest BCUT2D eigenvalue weighted by Gasteiger charge is -2.11. The second-order valence-electron chi connectivity index (χ2n) is 5.24. The van der Waals surface area contributed by atoms with E-state index in [9.17, 15) is 9.59 Å². The fourth-order valence-corrected chi connectivity index (χ4v) is 1.82. The third-order valence-electron chi connectivity index (χ3n) is 3.04. The zero-order valence-corrected chi connectivity index (χ0v) is 13.5. The minimum Gasteiger partial charge on any atom is -0.385 e. The Labute approximate surface area is 131 Å². The Balaban J connectivity index is 2.53. The maximum atomic E-state index is 12.0. The summed E-state index contributed by atoms with van der Waals surface area (Å²) in [4.78, 5) is 26.0. The molecule has 0 aliphatic heterocycles. The van der Waals surface area contributed by atoms with Gasteiger partial charge in [-0.05, 0) is 38.7 Å². The smallest absolute Gasteiger partial charge is 0.251 e. The summed E-state index contributed by atoms with van der Waals surface area (Å²) in [6.45, 7) is 2.49. The van der Waals surface area contributed by atoms with Crippen molar-refractivity contribution >= 4 is 11.8 Å². The lowest BCUT2D eigenvalue weighted by Crippen LogP contribution is -2.31. The first kappa shape index (κ1) is 18.1. The SMILES string of the molecule is COCCCNC(=O)c1cccc(C(=O)NCCN(C)C)c1. The number of carbonyl (C=O) groups excluding carboxylic acids is 2. The summed E-state index contributed by atoms with van der Waals surface area (Å²) in [5.74, 6) is -0.352. The van der Waals surface area contributed by atoms with Gasteiger partial charge in [0.15, 0.2) is 0 Å². The molecular formula is C16H25N3O3. The highest BCUT2D eigenvalue weighted by Gasteiger charge is 2.10. The van der Waals surface area contributed by atoms with Crippen LogP contribution in [0, 0.1) is 0 Å². The second-order valence-corrected chi connectivity index (χ2v) is 5.24. The molecule has 0 heterocycles. The topological polar surface area (TPSA) is 70.7 Å². The van der Waals surface area contributed by atoms with E-state index in [1.807, 2.05) is 19.0 Å². The third kappa shape index (κ3) is 6.69. The van der Waals surface area contributed by atoms with Gasteiger partial charge in [-0.25, -0.2) is 0 Å². The molecule has 122 valence electrons. The van der Waals surface area contributed by atoms with Crippen molar-refractivity contribution in [3.8, 4) is 0 Å². The quantitative estimate of drug-likeness (QED) is 0.660. The van der Waals surface area contributed by atoms with Gasteiger partial charge in [0.05, 0.1) is 0 Å². The van der Waals surface area contributed by atoms with Gasteiger partial charge in [0.2, 0.25) is 0 Å². The summed E-state index contributed by atoms with van der Waals surface area (Å²) >= 11 is 0. The van der Waals surface area contributed by atoms with Crippen LogP contribution in [0.25, 0.3) is 0 Å². The average molecular weight is 307 g/mol. The molecule has 0 aromatic heterocycles. The zero-order valence-electron chi connectivity index (χ0n) is 13.5. The summed E-state index contributed by atoms with van der Waals surface area (Å²) < 4.78 is 4.93. The maximum Gasteiger partial charge on any atom is 0.251 e. The Kier molecular flexibility index (Phi) is 8.17. The van der Waals surface area contributed by atoms with Crippen LogP contribution < -0.4 is 10.6 Å². The summed E-state index contributed by atoms with van der Waals surface area (Å²) in [5.41, 5.74) is 0.973. The Morgan fingerprint density at radius 2 is 1.68 bits per heavy atom. The van der Waals surface area contributed by atoms with E-state index in [2.05, 4.69) is 10.6 Å². The molecule has 22 heavy (non-hydrogen) atoms. The Hall–Kier alpha value is -1.92. The molecule has 6 heteroatoms. The van der Waals surface area contributed by atoms with Crippen molar-refractivity contribution in [3.05, 3.63) is 35.4 Å². The molecule has 0 saturated heterocycles. The van der Waals surface area contributed by atoms with E-state index in [1.54, 1.807) is 31.4 Å². The van der Waals surface area contributed by atoms with E-state index in [1.165, 1.54) is 0 Å². The van der Waals surface area contributed by atoms with Crippen molar-refractivity contribution in [2.24, 2.45) is 0 Å². The lowest BCUT2D eigenvalue weighted by molar-refractivity contribution is 0.0948. The van der Waals surface area contributed by atoms with Crippen molar-refractivity contribution in [2.75, 3.05) is 47.4 Å². The molecule has 2 N–H and O–H groups in total. The minimum absolute atomic E-state index is 0.170. The van der Waals surface area contributed by atoms with Crippen LogP contribution in [0.3, 0.4) is 0 Å². The van der Waals surface area contributed by atoms with Gasteiger partial charge < -0.3 is 20.3 Å². The maximum absolute atomic E-state index is 12.0. The summed E-state index contributed by atoms with van der Waals surface area (Å²) in [6, 6.07) is 6.72. The Morgan fingerprint density at radius 3 is 2.23 bits per heavy atom. The molecule has 0 saturated carbocycles. The first-order chi connectivity index (χ1) is 10.5. The number of hydrogen-bond acceptors (Lipinski definition) is 4. The van der Waals surface area contributed by atoms with Crippen LogP contribution in [0.5, 0.6) is 0 Å². The van der Waals surface area contributed by atoms with Gasteiger partial charge in [0.25, 0.3) is 11.8 Å². The van der Waals surface area contributed by atoms with E-state index in [-0.39, 0.29) is 11.8 Å². The largest absolute Gasteiger partial charge is 0.385 e. The van der Waals surface area contributed by atoms with Gasteiger partial charge in [-0.3, -0.25) is 9.59 Å². The van der Waals surface area contributed by atoms with Crippen molar-refractivity contribution in [3.63, 3.8) is 0 Å². The predicted octanol–water partition coefficient (Wildman–Crippen LogP) is 0.744. The van der Waals surface area contributed by atoms with Crippen LogP contribution in [0.2, 0.25) is 0 Å². The summed E-state index contributed by atoms with van der Waals surface area (Å²) in [6.07, 6.45) is 0.757. The van der Waals surface area contributed by atoms with Crippen LogP contribution in [-0.2, 0) is 4.74 Å². The fourth-order valence-electron chi connectivity index (χ4n) is 1.82. The molecule has 1 aromatic carbocycles. The molecule has 0 aliphatic carbocycles. The van der Waals surface area contributed by atoms with E-state index in [0.29, 0.717) is 30.8 Å².